The molecule has 0 atom stereocenters. The molecule has 0 fully saturated rings. The summed E-state index contributed by atoms with van der Waals surface area (Å²) in [4.78, 5) is 12.4. The molecule has 7 heteroatoms. The molecule has 0 unspecified atom stereocenters. The lowest BCUT2D eigenvalue weighted by atomic mass is 10.1. The molecule has 0 aliphatic heterocycles. The van der Waals surface area contributed by atoms with Gasteiger partial charge in [0.2, 0.25) is 0 Å². The number of hydrogen-bond donors (Lipinski definition) is 2. The van der Waals surface area contributed by atoms with Gasteiger partial charge in [0, 0.05) is 24.2 Å². The molecule has 0 aliphatic rings. The molecule has 2 N–H and O–H groups in total. The number of nitrogens with zero attached hydrogens (tertiary/aromatic N) is 4. The number of aromatic hydroxyl groups is 2. The van der Waals surface area contributed by atoms with E-state index in [9.17, 15) is 14.6 Å². The molecular weight excluding hydrogens is 311 g/mol. The number of hydrogen-bond acceptors (Lipinski definition) is 5. The third kappa shape index (κ3) is 2.14. The number of phenolic OH excluding ortho intramolecular Hbond substituents is 1. The molecule has 4 aromatic rings. The van der Waals surface area contributed by atoms with Crippen molar-refractivity contribution < 1.29 is 14.6 Å². The van der Waals surface area contributed by atoms with E-state index in [2.05, 4.69) is 15.0 Å². The van der Waals surface area contributed by atoms with E-state index in [0.29, 0.717) is 22.6 Å². The largest absolute Gasteiger partial charge is 0.507 e. The molecule has 0 bridgehead atoms. The van der Waals surface area contributed by atoms with Gasteiger partial charge in [0.1, 0.15) is 28.8 Å². The summed E-state index contributed by atoms with van der Waals surface area (Å²) in [7, 11) is 0. The fraction of sp³-hybridized carbons (Fsp3) is 0. The quantitative estimate of drug-likeness (QED) is 0.593. The molecule has 24 heavy (non-hydrogen) atoms. The second-order valence-electron chi connectivity index (χ2n) is 5.17. The van der Waals surface area contributed by atoms with Crippen molar-refractivity contribution in [2.45, 2.75) is 0 Å². The fourth-order valence-corrected chi connectivity index (χ4v) is 2.60. The zero-order chi connectivity index (χ0) is 16.7. The molecule has 6 nitrogen and oxygen atoms in total. The van der Waals surface area contributed by atoms with Crippen LogP contribution in [-0.4, -0.2) is 29.6 Å². The smallest absolute Gasteiger partial charge is 0.149 e. The van der Waals surface area contributed by atoms with E-state index in [1.807, 2.05) is 0 Å². The lowest BCUT2D eigenvalue weighted by Crippen LogP contribution is -1.90. The number of pyridine rings is 1. The number of imidazole rings is 1. The number of rotatable bonds is 2. The maximum absolute atomic E-state index is 13.6. The van der Waals surface area contributed by atoms with E-state index in [4.69, 9.17) is 0 Å². The highest BCUT2D eigenvalue weighted by atomic mass is 19.1. The fourth-order valence-electron chi connectivity index (χ4n) is 2.60. The van der Waals surface area contributed by atoms with Gasteiger partial charge in [0.05, 0.1) is 23.5 Å². The van der Waals surface area contributed by atoms with E-state index < -0.39 is 5.82 Å². The monoisotopic (exact) mass is 322 g/mol. The van der Waals surface area contributed by atoms with Gasteiger partial charge in [-0.05, 0) is 24.3 Å². The Bertz CT molecular complexity index is 1060. The highest BCUT2D eigenvalue weighted by Crippen LogP contribution is 2.36. The normalized spacial score (nSPS) is 11.0. The van der Waals surface area contributed by atoms with Crippen LogP contribution >= 0.6 is 0 Å². The average Bonchev–Trinajstić information content (AvgIpc) is 2.97. The standard InChI is InChI=1S/C17H11FN4O2/c18-10-1-2-14(23)12(7-10)17-21-16(11-3-4-19-9-15(11)24)13-8-20-5-6-22(13)17/h1-9,23-24H. The Morgan fingerprint density at radius 1 is 0.917 bits per heavy atom. The van der Waals surface area contributed by atoms with Crippen molar-refractivity contribution >= 4 is 5.52 Å². The molecule has 118 valence electrons. The first-order chi connectivity index (χ1) is 11.6. The molecule has 0 spiro atoms. The number of phenols is 1. The first kappa shape index (κ1) is 14.1. The Kier molecular flexibility index (Phi) is 3.13. The molecule has 0 saturated heterocycles. The summed E-state index contributed by atoms with van der Waals surface area (Å²) in [6, 6.07) is 5.28. The summed E-state index contributed by atoms with van der Waals surface area (Å²) in [5.74, 6) is -0.264. The number of halogens is 1. The summed E-state index contributed by atoms with van der Waals surface area (Å²) < 4.78 is 15.3. The van der Waals surface area contributed by atoms with Crippen LogP contribution in [0.15, 0.2) is 55.2 Å². The minimum Gasteiger partial charge on any atom is -0.507 e. The van der Waals surface area contributed by atoms with Gasteiger partial charge < -0.3 is 10.2 Å². The average molecular weight is 322 g/mol. The molecule has 3 heterocycles. The predicted molar refractivity (Wildman–Crippen MR) is 84.9 cm³/mol. The van der Waals surface area contributed by atoms with E-state index in [-0.39, 0.29) is 17.1 Å². The van der Waals surface area contributed by atoms with Crippen molar-refractivity contribution in [1.29, 1.82) is 0 Å². The summed E-state index contributed by atoms with van der Waals surface area (Å²) in [5.41, 5.74) is 1.79. The van der Waals surface area contributed by atoms with E-state index in [1.165, 1.54) is 30.6 Å². The Hall–Kier alpha value is -3.48. The van der Waals surface area contributed by atoms with Crippen LogP contribution in [0.4, 0.5) is 4.39 Å². The molecule has 0 radical (unpaired) electrons. The Balaban J connectivity index is 2.06. The molecule has 0 saturated carbocycles. The van der Waals surface area contributed by atoms with Crippen molar-refractivity contribution in [1.82, 2.24) is 19.4 Å². The van der Waals surface area contributed by atoms with Gasteiger partial charge in [-0.1, -0.05) is 0 Å². The summed E-state index contributed by atoms with van der Waals surface area (Å²) >= 11 is 0. The van der Waals surface area contributed by atoms with E-state index in [0.717, 1.165) is 0 Å². The first-order valence-electron chi connectivity index (χ1n) is 7.09. The Morgan fingerprint density at radius 2 is 1.75 bits per heavy atom. The second-order valence-corrected chi connectivity index (χ2v) is 5.17. The lowest BCUT2D eigenvalue weighted by molar-refractivity contribution is 0.474. The van der Waals surface area contributed by atoms with Crippen LogP contribution in [0.3, 0.4) is 0 Å². The summed E-state index contributed by atoms with van der Waals surface area (Å²) in [5, 5.41) is 20.1. The molecule has 0 amide bonds. The van der Waals surface area contributed by atoms with Gasteiger partial charge in [-0.15, -0.1) is 0 Å². The zero-order valence-corrected chi connectivity index (χ0v) is 12.3. The molecule has 4 rings (SSSR count). The van der Waals surface area contributed by atoms with Crippen LogP contribution in [0.2, 0.25) is 0 Å². The van der Waals surface area contributed by atoms with Crippen LogP contribution in [0.5, 0.6) is 11.5 Å². The number of fused-ring (bicyclic) bond motifs is 1. The maximum atomic E-state index is 13.6. The van der Waals surface area contributed by atoms with Crippen molar-refractivity contribution in [2.24, 2.45) is 0 Å². The van der Waals surface area contributed by atoms with Crippen LogP contribution < -0.4 is 0 Å². The third-order valence-electron chi connectivity index (χ3n) is 3.70. The van der Waals surface area contributed by atoms with Crippen LogP contribution in [0.1, 0.15) is 0 Å². The van der Waals surface area contributed by atoms with Crippen LogP contribution in [0.25, 0.3) is 28.2 Å². The van der Waals surface area contributed by atoms with Gasteiger partial charge in [0.15, 0.2) is 0 Å². The lowest BCUT2D eigenvalue weighted by Gasteiger charge is -2.03. The van der Waals surface area contributed by atoms with Gasteiger partial charge in [-0.3, -0.25) is 14.4 Å². The van der Waals surface area contributed by atoms with Crippen LogP contribution in [-0.2, 0) is 0 Å². The highest BCUT2D eigenvalue weighted by Gasteiger charge is 2.19. The van der Waals surface area contributed by atoms with Crippen LogP contribution in [0, 0.1) is 5.82 Å². The van der Waals surface area contributed by atoms with Crippen molar-refractivity contribution in [3.63, 3.8) is 0 Å². The summed E-state index contributed by atoms with van der Waals surface area (Å²) in [6.07, 6.45) is 7.66. The number of aromatic nitrogens is 4. The third-order valence-corrected chi connectivity index (χ3v) is 3.70. The van der Waals surface area contributed by atoms with E-state index >= 15 is 0 Å². The van der Waals surface area contributed by atoms with Crippen molar-refractivity contribution in [2.75, 3.05) is 0 Å². The minimum absolute atomic E-state index is 0.0311. The highest BCUT2D eigenvalue weighted by molar-refractivity contribution is 5.84. The van der Waals surface area contributed by atoms with E-state index in [1.54, 1.807) is 29.1 Å². The zero-order valence-electron chi connectivity index (χ0n) is 12.3. The molecule has 1 aromatic carbocycles. The molecule has 3 aromatic heterocycles. The topological polar surface area (TPSA) is 83.5 Å². The second kappa shape index (κ2) is 5.31. The Labute approximate surface area is 135 Å². The van der Waals surface area contributed by atoms with Gasteiger partial charge in [-0.25, -0.2) is 9.37 Å². The van der Waals surface area contributed by atoms with Gasteiger partial charge >= 0.3 is 0 Å². The molecular formula is C17H11FN4O2. The summed E-state index contributed by atoms with van der Waals surface area (Å²) in [6.45, 7) is 0. The van der Waals surface area contributed by atoms with Gasteiger partial charge in [0.25, 0.3) is 0 Å². The van der Waals surface area contributed by atoms with Crippen molar-refractivity contribution in [3.8, 4) is 34.1 Å². The molecule has 0 aliphatic carbocycles. The first-order valence-corrected chi connectivity index (χ1v) is 7.09. The number of benzene rings is 1. The predicted octanol–water partition coefficient (Wildman–Crippen LogP) is 3.01. The maximum Gasteiger partial charge on any atom is 0.149 e. The van der Waals surface area contributed by atoms with Gasteiger partial charge in [-0.2, -0.15) is 0 Å². The minimum atomic E-state index is -0.484. The SMILES string of the molecule is Oc1cnccc1-c1nc(-c2cc(F)ccc2O)n2ccncc12. The Morgan fingerprint density at radius 3 is 2.58 bits per heavy atom. The van der Waals surface area contributed by atoms with Crippen molar-refractivity contribution in [3.05, 3.63) is 61.1 Å².